The molecule has 1 aromatic heterocycles. The highest BCUT2D eigenvalue weighted by atomic mass is 32.1. The first kappa shape index (κ1) is 12.8. The minimum absolute atomic E-state index is 0.272. The zero-order valence-electron chi connectivity index (χ0n) is 11.2. The second-order valence-corrected chi connectivity index (χ2v) is 6.35. The van der Waals surface area contributed by atoms with Gasteiger partial charge in [0.15, 0.2) is 0 Å². The van der Waals surface area contributed by atoms with Crippen molar-refractivity contribution in [1.29, 1.82) is 0 Å². The lowest BCUT2D eigenvalue weighted by molar-refractivity contribution is -0.128. The first-order valence-electron chi connectivity index (χ1n) is 6.74. The lowest BCUT2D eigenvalue weighted by Gasteiger charge is -2.24. The highest BCUT2D eigenvalue weighted by Gasteiger charge is 2.46. The number of amides is 1. The summed E-state index contributed by atoms with van der Waals surface area (Å²) in [5, 5.41) is 3.24. The van der Waals surface area contributed by atoms with Gasteiger partial charge in [-0.2, -0.15) is 0 Å². The Morgan fingerprint density at radius 3 is 3.11 bits per heavy atom. The van der Waals surface area contributed by atoms with Crippen molar-refractivity contribution in [3.05, 3.63) is 28.7 Å². The third-order valence-corrected chi connectivity index (χ3v) is 4.91. The van der Waals surface area contributed by atoms with Gasteiger partial charge in [0.2, 0.25) is 5.91 Å². The van der Waals surface area contributed by atoms with Gasteiger partial charge in [-0.1, -0.05) is 6.08 Å². The molecule has 19 heavy (non-hydrogen) atoms. The summed E-state index contributed by atoms with van der Waals surface area (Å²) in [5.74, 6) is 0.272. The standard InChI is InChI=1S/C14H19N3OS/c1-3-5-17-12-4-6-16(13(12)7-14(17)18)8-11-9-19-10(2)15-11/h3,9,12-13H,1,4-8H2,2H3/t12-,13-/m1/s1. The van der Waals surface area contributed by atoms with E-state index in [2.05, 4.69) is 21.8 Å². The summed E-state index contributed by atoms with van der Waals surface area (Å²) < 4.78 is 0. The Morgan fingerprint density at radius 1 is 1.58 bits per heavy atom. The van der Waals surface area contributed by atoms with E-state index in [4.69, 9.17) is 0 Å². The monoisotopic (exact) mass is 277 g/mol. The molecule has 2 aliphatic rings. The summed E-state index contributed by atoms with van der Waals surface area (Å²) >= 11 is 1.69. The van der Waals surface area contributed by atoms with Gasteiger partial charge < -0.3 is 4.90 Å². The number of carbonyl (C=O) groups is 1. The molecule has 2 atom stereocenters. The molecule has 0 spiro atoms. The van der Waals surface area contributed by atoms with E-state index in [1.165, 1.54) is 0 Å². The van der Waals surface area contributed by atoms with Crippen molar-refractivity contribution in [2.75, 3.05) is 13.1 Å². The SMILES string of the molecule is C=CCN1C(=O)C[C@@H]2[C@H]1CCN2Cc1csc(C)n1. The fourth-order valence-corrected chi connectivity index (χ4v) is 3.87. The first-order valence-corrected chi connectivity index (χ1v) is 7.62. The van der Waals surface area contributed by atoms with Crippen molar-refractivity contribution >= 4 is 17.2 Å². The second kappa shape index (κ2) is 5.06. The summed E-state index contributed by atoms with van der Waals surface area (Å²) in [6, 6.07) is 0.750. The van der Waals surface area contributed by atoms with E-state index in [9.17, 15) is 4.79 Å². The highest BCUT2D eigenvalue weighted by Crippen LogP contribution is 2.33. The lowest BCUT2D eigenvalue weighted by Crippen LogP contribution is -2.37. The topological polar surface area (TPSA) is 36.4 Å². The molecule has 1 aromatic rings. The largest absolute Gasteiger partial charge is 0.334 e. The van der Waals surface area contributed by atoms with Gasteiger partial charge in [0.05, 0.1) is 10.7 Å². The van der Waals surface area contributed by atoms with E-state index < -0.39 is 0 Å². The van der Waals surface area contributed by atoms with Gasteiger partial charge in [0, 0.05) is 43.5 Å². The molecule has 0 radical (unpaired) electrons. The molecule has 2 aliphatic heterocycles. The predicted molar refractivity (Wildman–Crippen MR) is 76.0 cm³/mol. The number of aryl methyl sites for hydroxylation is 1. The van der Waals surface area contributed by atoms with Gasteiger partial charge in [0.1, 0.15) is 0 Å². The molecule has 0 unspecified atom stereocenters. The molecule has 0 bridgehead atoms. The van der Waals surface area contributed by atoms with E-state index in [0.717, 1.165) is 30.2 Å². The Morgan fingerprint density at radius 2 is 2.42 bits per heavy atom. The van der Waals surface area contributed by atoms with Crippen molar-refractivity contribution in [3.8, 4) is 0 Å². The Labute approximate surface area is 117 Å². The summed E-state index contributed by atoms with van der Waals surface area (Å²) in [7, 11) is 0. The lowest BCUT2D eigenvalue weighted by atomic mass is 10.1. The number of rotatable bonds is 4. The molecule has 0 saturated carbocycles. The molecule has 0 aromatic carbocycles. The van der Waals surface area contributed by atoms with E-state index in [1.54, 1.807) is 11.3 Å². The third kappa shape index (κ3) is 2.32. The van der Waals surface area contributed by atoms with Crippen LogP contribution in [0.5, 0.6) is 0 Å². The average molecular weight is 277 g/mol. The Hall–Kier alpha value is -1.20. The van der Waals surface area contributed by atoms with Crippen molar-refractivity contribution in [3.63, 3.8) is 0 Å². The number of hydrogen-bond donors (Lipinski definition) is 0. The molecule has 3 heterocycles. The minimum atomic E-state index is 0.272. The number of aromatic nitrogens is 1. The molecule has 102 valence electrons. The molecule has 4 nitrogen and oxygen atoms in total. The van der Waals surface area contributed by atoms with Gasteiger partial charge in [-0.3, -0.25) is 9.69 Å². The number of nitrogens with zero attached hydrogens (tertiary/aromatic N) is 3. The van der Waals surface area contributed by atoms with Crippen molar-refractivity contribution in [2.45, 2.75) is 38.4 Å². The van der Waals surface area contributed by atoms with Crippen LogP contribution < -0.4 is 0 Å². The van der Waals surface area contributed by atoms with Crippen molar-refractivity contribution < 1.29 is 4.79 Å². The van der Waals surface area contributed by atoms with Crippen LogP contribution in [0.25, 0.3) is 0 Å². The summed E-state index contributed by atoms with van der Waals surface area (Å²) in [5.41, 5.74) is 1.14. The maximum atomic E-state index is 12.0. The molecule has 2 saturated heterocycles. The molecule has 5 heteroatoms. The molecular formula is C14H19N3OS. The molecule has 2 fully saturated rings. The number of fused-ring (bicyclic) bond motifs is 1. The number of hydrogen-bond acceptors (Lipinski definition) is 4. The summed E-state index contributed by atoms with van der Waals surface area (Å²) in [6.45, 7) is 8.40. The Kier molecular flexibility index (Phi) is 3.41. The van der Waals surface area contributed by atoms with Gasteiger partial charge >= 0.3 is 0 Å². The van der Waals surface area contributed by atoms with E-state index in [1.807, 2.05) is 17.9 Å². The Bertz CT molecular complexity index is 499. The number of likely N-dealkylation sites (tertiary alicyclic amines) is 2. The normalized spacial score (nSPS) is 27.0. The van der Waals surface area contributed by atoms with Gasteiger partial charge in [0.25, 0.3) is 0 Å². The molecule has 3 rings (SSSR count). The number of carbonyl (C=O) groups excluding carboxylic acids is 1. The van der Waals surface area contributed by atoms with Crippen LogP contribution in [0.3, 0.4) is 0 Å². The van der Waals surface area contributed by atoms with Crippen molar-refractivity contribution in [2.24, 2.45) is 0 Å². The van der Waals surface area contributed by atoms with E-state index in [0.29, 0.717) is 25.0 Å². The highest BCUT2D eigenvalue weighted by molar-refractivity contribution is 7.09. The molecule has 1 amide bonds. The van der Waals surface area contributed by atoms with Crippen LogP contribution in [0, 0.1) is 6.92 Å². The van der Waals surface area contributed by atoms with Crippen LogP contribution in [0.15, 0.2) is 18.0 Å². The predicted octanol–water partition coefficient (Wildman–Crippen LogP) is 1.81. The van der Waals surface area contributed by atoms with Gasteiger partial charge in [-0.25, -0.2) is 4.98 Å². The molecular weight excluding hydrogens is 258 g/mol. The zero-order chi connectivity index (χ0) is 13.4. The maximum Gasteiger partial charge on any atom is 0.224 e. The zero-order valence-corrected chi connectivity index (χ0v) is 12.0. The maximum absolute atomic E-state index is 12.0. The smallest absolute Gasteiger partial charge is 0.224 e. The average Bonchev–Trinajstić information content (AvgIpc) is 3.02. The van der Waals surface area contributed by atoms with Crippen LogP contribution >= 0.6 is 11.3 Å². The van der Waals surface area contributed by atoms with Crippen LogP contribution in [0.4, 0.5) is 0 Å². The first-order chi connectivity index (χ1) is 9.19. The quantitative estimate of drug-likeness (QED) is 0.788. The molecule has 0 aliphatic carbocycles. The number of thiazole rings is 1. The fraction of sp³-hybridized carbons (Fsp3) is 0.571. The third-order valence-electron chi connectivity index (χ3n) is 4.09. The molecule has 0 N–H and O–H groups in total. The summed E-state index contributed by atoms with van der Waals surface area (Å²) in [6.07, 6.45) is 3.56. The van der Waals surface area contributed by atoms with Crippen LogP contribution in [-0.4, -0.2) is 45.9 Å². The van der Waals surface area contributed by atoms with Crippen molar-refractivity contribution in [1.82, 2.24) is 14.8 Å². The fourth-order valence-electron chi connectivity index (χ4n) is 3.27. The second-order valence-electron chi connectivity index (χ2n) is 5.29. The van der Waals surface area contributed by atoms with E-state index >= 15 is 0 Å². The minimum Gasteiger partial charge on any atom is -0.334 e. The van der Waals surface area contributed by atoms with Crippen LogP contribution in [-0.2, 0) is 11.3 Å². The van der Waals surface area contributed by atoms with Crippen LogP contribution in [0.2, 0.25) is 0 Å². The summed E-state index contributed by atoms with van der Waals surface area (Å²) in [4.78, 5) is 20.9. The Balaban J connectivity index is 1.70. The van der Waals surface area contributed by atoms with Crippen LogP contribution in [0.1, 0.15) is 23.5 Å². The van der Waals surface area contributed by atoms with Gasteiger partial charge in [-0.15, -0.1) is 17.9 Å². The van der Waals surface area contributed by atoms with E-state index in [-0.39, 0.29) is 5.91 Å². The van der Waals surface area contributed by atoms with Gasteiger partial charge in [-0.05, 0) is 13.3 Å².